The molecule has 4 aromatic rings. The molecule has 6 heteroatoms. The van der Waals surface area contributed by atoms with Gasteiger partial charge < -0.3 is 19.1 Å². The zero-order valence-corrected chi connectivity index (χ0v) is 21.4. The number of unbranched alkanes of at least 4 members (excludes halogenated alkanes) is 2. The van der Waals surface area contributed by atoms with Crippen LogP contribution in [0.2, 0.25) is 0 Å². The second-order valence-electron chi connectivity index (χ2n) is 10.9. The van der Waals surface area contributed by atoms with Crippen molar-refractivity contribution in [3.63, 3.8) is 0 Å². The van der Waals surface area contributed by atoms with Gasteiger partial charge in [0.05, 0.1) is 21.8 Å². The molecule has 2 aliphatic carbocycles. The Hall–Kier alpha value is -3.02. The lowest BCUT2D eigenvalue weighted by Gasteiger charge is -2.37. The lowest BCUT2D eigenvalue weighted by Crippen LogP contribution is -2.28. The third kappa shape index (κ3) is 3.29. The number of nitrogens with one attached hydrogen (secondary N) is 2. The first-order valence-corrected chi connectivity index (χ1v) is 13.4. The van der Waals surface area contributed by atoms with Gasteiger partial charge in [0.1, 0.15) is 0 Å². The molecule has 4 aromatic heterocycles. The minimum Gasteiger partial charge on any atom is -0.344 e. The average molecular weight is 473 g/mol. The van der Waals surface area contributed by atoms with Crippen LogP contribution in [0.1, 0.15) is 91.7 Å². The number of aryl methyl sites for hydroxylation is 4. The number of rotatable bonds is 6. The van der Waals surface area contributed by atoms with Crippen LogP contribution in [0.5, 0.6) is 0 Å². The van der Waals surface area contributed by atoms with Gasteiger partial charge >= 0.3 is 0 Å². The van der Waals surface area contributed by atoms with E-state index in [1.54, 1.807) is 0 Å². The molecule has 0 aliphatic heterocycles. The second-order valence-corrected chi connectivity index (χ2v) is 10.9. The normalized spacial score (nSPS) is 18.9. The molecule has 0 fully saturated rings. The zero-order chi connectivity index (χ0) is 24.4. The predicted octanol–water partition coefficient (Wildman–Crippen LogP) is 5.56. The largest absolute Gasteiger partial charge is 0.344 e. The molecular formula is C29H36N4O2. The van der Waals surface area contributed by atoms with E-state index in [2.05, 4.69) is 45.1 Å². The van der Waals surface area contributed by atoms with Crippen molar-refractivity contribution in [1.82, 2.24) is 19.1 Å². The predicted molar refractivity (Wildman–Crippen MR) is 142 cm³/mol. The Balaban J connectivity index is 1.60. The molecule has 0 spiro atoms. The number of aromatic nitrogens is 4. The van der Waals surface area contributed by atoms with Gasteiger partial charge in [-0.3, -0.25) is 9.59 Å². The molecule has 35 heavy (non-hydrogen) atoms. The molecule has 2 aliphatic rings. The fourth-order valence-corrected chi connectivity index (χ4v) is 7.07. The summed E-state index contributed by atoms with van der Waals surface area (Å²) in [5.74, 6) is 0.678. The van der Waals surface area contributed by atoms with Crippen LogP contribution in [0.25, 0.3) is 21.8 Å². The molecular weight excluding hydrogens is 436 g/mol. The Morgan fingerprint density at radius 1 is 0.771 bits per heavy atom. The van der Waals surface area contributed by atoms with Gasteiger partial charge in [-0.25, -0.2) is 0 Å². The van der Waals surface area contributed by atoms with Crippen molar-refractivity contribution >= 4 is 21.8 Å². The number of nitrogens with zero attached hydrogens (tertiary/aromatic N) is 2. The molecule has 4 heterocycles. The van der Waals surface area contributed by atoms with Gasteiger partial charge in [-0.2, -0.15) is 0 Å². The van der Waals surface area contributed by atoms with Crippen molar-refractivity contribution in [3.05, 3.63) is 66.7 Å². The SMILES string of the molecule is CCCCn1c2c(c3c(=O)[nH]c(C)cc31)C[C@H]1C[C@@H]2Cc2c1n(CCCC)c1cc(C)[nH]c(=O)c21. The second kappa shape index (κ2) is 8.28. The maximum Gasteiger partial charge on any atom is 0.257 e. The maximum atomic E-state index is 13.2. The van der Waals surface area contributed by atoms with Crippen LogP contribution in [0.3, 0.4) is 0 Å². The maximum absolute atomic E-state index is 13.2. The van der Waals surface area contributed by atoms with E-state index in [1.807, 2.05) is 13.8 Å². The van der Waals surface area contributed by atoms with Gasteiger partial charge in [0, 0.05) is 47.7 Å². The van der Waals surface area contributed by atoms with Crippen LogP contribution < -0.4 is 11.1 Å². The highest BCUT2D eigenvalue weighted by molar-refractivity contribution is 5.88. The summed E-state index contributed by atoms with van der Waals surface area (Å²) in [4.78, 5) is 32.6. The van der Waals surface area contributed by atoms with Crippen LogP contribution in [-0.4, -0.2) is 19.1 Å². The molecule has 0 unspecified atom stereocenters. The van der Waals surface area contributed by atoms with E-state index in [0.717, 1.165) is 91.2 Å². The molecule has 6 nitrogen and oxygen atoms in total. The molecule has 0 aromatic carbocycles. The Labute approximate surface area is 205 Å². The molecule has 0 amide bonds. The van der Waals surface area contributed by atoms with Gasteiger partial charge in [0.25, 0.3) is 11.1 Å². The number of aromatic amines is 2. The van der Waals surface area contributed by atoms with Gasteiger partial charge in [0.2, 0.25) is 0 Å². The molecule has 184 valence electrons. The van der Waals surface area contributed by atoms with E-state index in [4.69, 9.17) is 0 Å². The first-order chi connectivity index (χ1) is 16.9. The van der Waals surface area contributed by atoms with Gasteiger partial charge in [-0.1, -0.05) is 26.7 Å². The van der Waals surface area contributed by atoms with Crippen LogP contribution >= 0.6 is 0 Å². The molecule has 0 saturated carbocycles. The Morgan fingerprint density at radius 3 is 1.60 bits per heavy atom. The van der Waals surface area contributed by atoms with E-state index in [1.165, 1.54) is 22.5 Å². The summed E-state index contributed by atoms with van der Waals surface area (Å²) in [6, 6.07) is 4.32. The van der Waals surface area contributed by atoms with Crippen molar-refractivity contribution in [1.29, 1.82) is 0 Å². The van der Waals surface area contributed by atoms with Crippen LogP contribution in [0.15, 0.2) is 21.7 Å². The Bertz CT molecular complexity index is 1460. The van der Waals surface area contributed by atoms with Crippen LogP contribution in [0.4, 0.5) is 0 Å². The number of hydrogen-bond acceptors (Lipinski definition) is 2. The minimum absolute atomic E-state index is 0.0466. The van der Waals surface area contributed by atoms with E-state index in [9.17, 15) is 9.59 Å². The highest BCUT2D eigenvalue weighted by atomic mass is 16.1. The topological polar surface area (TPSA) is 75.6 Å². The molecule has 2 atom stereocenters. The fourth-order valence-electron chi connectivity index (χ4n) is 7.07. The monoisotopic (exact) mass is 472 g/mol. The summed E-state index contributed by atoms with van der Waals surface area (Å²) in [5, 5.41) is 1.79. The highest BCUT2D eigenvalue weighted by Crippen LogP contribution is 2.51. The molecule has 6 rings (SSSR count). The molecule has 0 saturated heterocycles. The van der Waals surface area contributed by atoms with Crippen molar-refractivity contribution in [2.75, 3.05) is 0 Å². The lowest BCUT2D eigenvalue weighted by molar-refractivity contribution is 0.413. The quantitative estimate of drug-likeness (QED) is 0.385. The molecule has 2 bridgehead atoms. The minimum atomic E-state index is 0.0466. The lowest BCUT2D eigenvalue weighted by atomic mass is 9.70. The molecule has 0 radical (unpaired) electrons. The number of fused-ring (bicyclic) bond motifs is 10. The van der Waals surface area contributed by atoms with E-state index in [-0.39, 0.29) is 11.1 Å². The Kier molecular flexibility index (Phi) is 5.31. The van der Waals surface area contributed by atoms with Crippen molar-refractivity contribution in [2.45, 2.75) is 97.6 Å². The van der Waals surface area contributed by atoms with Gasteiger partial charge in [0.15, 0.2) is 0 Å². The third-order valence-electron chi connectivity index (χ3n) is 8.39. The number of hydrogen-bond donors (Lipinski definition) is 2. The number of pyridine rings is 2. The standard InChI is InChI=1S/C29H36N4O2/c1-5-7-9-32-22-11-16(3)30-28(34)24(22)20-15-19-13-18(26(20)32)14-21-25-23(12-17(4)31-29(25)35)33(27(19)21)10-8-6-2/h11-12,18-19H,5-10,13-15H2,1-4H3,(H,30,34)(H,31,35)/t18-,19-/m1/s1. The van der Waals surface area contributed by atoms with E-state index < -0.39 is 0 Å². The van der Waals surface area contributed by atoms with Crippen molar-refractivity contribution < 1.29 is 0 Å². The number of H-pyrrole nitrogens is 2. The zero-order valence-electron chi connectivity index (χ0n) is 21.4. The highest BCUT2D eigenvalue weighted by Gasteiger charge is 2.41. The van der Waals surface area contributed by atoms with Crippen LogP contribution in [-0.2, 0) is 25.9 Å². The Morgan fingerprint density at radius 2 is 1.20 bits per heavy atom. The summed E-state index contributed by atoms with van der Waals surface area (Å²) in [6.45, 7) is 10.3. The summed E-state index contributed by atoms with van der Waals surface area (Å²) in [7, 11) is 0. The van der Waals surface area contributed by atoms with E-state index >= 15 is 0 Å². The summed E-state index contributed by atoms with van der Waals surface area (Å²) < 4.78 is 4.90. The fraction of sp³-hybridized carbons (Fsp3) is 0.517. The van der Waals surface area contributed by atoms with Gasteiger partial charge in [-0.05, 0) is 69.2 Å². The van der Waals surface area contributed by atoms with Crippen molar-refractivity contribution in [2.24, 2.45) is 0 Å². The average Bonchev–Trinajstić information content (AvgIpc) is 3.29. The summed E-state index contributed by atoms with van der Waals surface area (Å²) >= 11 is 0. The summed E-state index contributed by atoms with van der Waals surface area (Å²) in [6.07, 6.45) is 7.28. The first-order valence-electron chi connectivity index (χ1n) is 13.4. The van der Waals surface area contributed by atoms with Crippen LogP contribution in [0, 0.1) is 13.8 Å². The van der Waals surface area contributed by atoms with Crippen molar-refractivity contribution in [3.8, 4) is 0 Å². The van der Waals surface area contributed by atoms with Gasteiger partial charge in [-0.15, -0.1) is 0 Å². The van der Waals surface area contributed by atoms with E-state index in [0.29, 0.717) is 11.8 Å². The third-order valence-corrected chi connectivity index (χ3v) is 8.39. The summed E-state index contributed by atoms with van der Waals surface area (Å²) in [5.41, 5.74) is 9.32. The molecule has 2 N–H and O–H groups in total. The smallest absolute Gasteiger partial charge is 0.257 e. The first kappa shape index (κ1) is 22.4.